The van der Waals surface area contributed by atoms with Crippen LogP contribution in [0, 0.1) is 18.3 Å². The maximum absolute atomic E-state index is 5.76. The Morgan fingerprint density at radius 2 is 2.21 bits per heavy atom. The summed E-state index contributed by atoms with van der Waals surface area (Å²) in [4.78, 5) is 4.48. The van der Waals surface area contributed by atoms with Crippen molar-refractivity contribution in [3.8, 4) is 0 Å². The molecule has 2 N–H and O–H groups in total. The van der Waals surface area contributed by atoms with Crippen LogP contribution >= 0.6 is 0 Å². The van der Waals surface area contributed by atoms with Gasteiger partial charge >= 0.3 is 0 Å². The highest BCUT2D eigenvalue weighted by atomic mass is 14.8. The second-order valence-corrected chi connectivity index (χ2v) is 4.85. The fourth-order valence-corrected chi connectivity index (χ4v) is 2.55. The van der Waals surface area contributed by atoms with E-state index >= 15 is 0 Å². The minimum Gasteiger partial charge on any atom is -0.330 e. The minimum absolute atomic E-state index is 0.341. The molecule has 1 aliphatic carbocycles. The van der Waals surface area contributed by atoms with Gasteiger partial charge in [0.15, 0.2) is 0 Å². The highest BCUT2D eigenvalue weighted by Crippen LogP contribution is 2.63. The molecule has 1 fully saturated rings. The SMILES string of the molecule is Cc1cccnc1[C@@H]1[C@@H](CN)C1(C)C. The van der Waals surface area contributed by atoms with Crippen molar-refractivity contribution in [1.82, 2.24) is 4.98 Å². The van der Waals surface area contributed by atoms with E-state index in [0.29, 0.717) is 17.3 Å². The van der Waals surface area contributed by atoms with Crippen molar-refractivity contribution in [2.24, 2.45) is 17.1 Å². The van der Waals surface area contributed by atoms with Crippen molar-refractivity contribution < 1.29 is 0 Å². The molecule has 0 radical (unpaired) electrons. The Balaban J connectivity index is 2.31. The predicted molar refractivity (Wildman–Crippen MR) is 58.0 cm³/mol. The summed E-state index contributed by atoms with van der Waals surface area (Å²) in [6.45, 7) is 7.46. The highest BCUT2D eigenvalue weighted by molar-refractivity contribution is 5.32. The molecule has 2 heteroatoms. The van der Waals surface area contributed by atoms with E-state index in [4.69, 9.17) is 5.73 Å². The summed E-state index contributed by atoms with van der Waals surface area (Å²) in [5.74, 6) is 1.17. The lowest BCUT2D eigenvalue weighted by Crippen LogP contribution is -2.05. The number of nitrogens with two attached hydrogens (primary N) is 1. The Morgan fingerprint density at radius 3 is 2.71 bits per heavy atom. The minimum atomic E-state index is 0.341. The van der Waals surface area contributed by atoms with E-state index in [9.17, 15) is 0 Å². The van der Waals surface area contributed by atoms with E-state index in [1.54, 1.807) is 0 Å². The summed E-state index contributed by atoms with van der Waals surface area (Å²) in [5.41, 5.74) is 8.64. The molecule has 1 aromatic rings. The van der Waals surface area contributed by atoms with Gasteiger partial charge in [-0.1, -0.05) is 19.9 Å². The first-order valence-electron chi connectivity index (χ1n) is 5.20. The van der Waals surface area contributed by atoms with Crippen LogP contribution < -0.4 is 5.73 Å². The van der Waals surface area contributed by atoms with E-state index in [2.05, 4.69) is 31.8 Å². The van der Waals surface area contributed by atoms with Gasteiger partial charge in [0.25, 0.3) is 0 Å². The summed E-state index contributed by atoms with van der Waals surface area (Å²) >= 11 is 0. The van der Waals surface area contributed by atoms with Gasteiger partial charge in [-0.3, -0.25) is 4.98 Å². The lowest BCUT2D eigenvalue weighted by Gasteiger charge is -2.04. The van der Waals surface area contributed by atoms with Gasteiger partial charge in [0.1, 0.15) is 0 Å². The van der Waals surface area contributed by atoms with Crippen LogP contribution in [0.2, 0.25) is 0 Å². The lowest BCUT2D eigenvalue weighted by molar-refractivity contribution is 0.557. The fraction of sp³-hybridized carbons (Fsp3) is 0.583. The maximum atomic E-state index is 5.76. The number of pyridine rings is 1. The third-order valence-corrected chi connectivity index (χ3v) is 3.65. The molecule has 1 aliphatic rings. The summed E-state index contributed by atoms with van der Waals surface area (Å²) in [6.07, 6.45) is 1.88. The maximum Gasteiger partial charge on any atom is 0.0472 e. The average Bonchev–Trinajstić information content (AvgIpc) is 2.69. The number of hydrogen-bond acceptors (Lipinski definition) is 2. The van der Waals surface area contributed by atoms with Crippen molar-refractivity contribution in [3.05, 3.63) is 29.6 Å². The second-order valence-electron chi connectivity index (χ2n) is 4.85. The van der Waals surface area contributed by atoms with E-state index in [0.717, 1.165) is 6.54 Å². The van der Waals surface area contributed by atoms with Gasteiger partial charge in [0.2, 0.25) is 0 Å². The molecule has 2 atom stereocenters. The molecule has 2 rings (SSSR count). The van der Waals surface area contributed by atoms with Crippen molar-refractivity contribution >= 4 is 0 Å². The number of aryl methyl sites for hydroxylation is 1. The number of rotatable bonds is 2. The van der Waals surface area contributed by atoms with Gasteiger partial charge in [-0.25, -0.2) is 0 Å². The topological polar surface area (TPSA) is 38.9 Å². The molecule has 2 nitrogen and oxygen atoms in total. The molecule has 0 unspecified atom stereocenters. The molecule has 1 aromatic heterocycles. The number of hydrogen-bond donors (Lipinski definition) is 1. The zero-order valence-electron chi connectivity index (χ0n) is 9.12. The van der Waals surface area contributed by atoms with Gasteiger partial charge in [0, 0.05) is 17.8 Å². The van der Waals surface area contributed by atoms with Gasteiger partial charge in [-0.05, 0) is 36.4 Å². The Labute approximate surface area is 85.5 Å². The van der Waals surface area contributed by atoms with Crippen LogP contribution in [0.5, 0.6) is 0 Å². The van der Waals surface area contributed by atoms with Crippen LogP contribution in [0.4, 0.5) is 0 Å². The first-order chi connectivity index (χ1) is 6.59. The van der Waals surface area contributed by atoms with E-state index in [-0.39, 0.29) is 0 Å². The first kappa shape index (κ1) is 9.66. The summed E-state index contributed by atoms with van der Waals surface area (Å²) in [6, 6.07) is 4.12. The molecular formula is C12H18N2. The quantitative estimate of drug-likeness (QED) is 0.775. The molecule has 0 bridgehead atoms. The Morgan fingerprint density at radius 1 is 1.50 bits per heavy atom. The van der Waals surface area contributed by atoms with Gasteiger partial charge in [0.05, 0.1) is 0 Å². The lowest BCUT2D eigenvalue weighted by atomic mass is 10.0. The van der Waals surface area contributed by atoms with E-state index in [1.165, 1.54) is 11.3 Å². The fourth-order valence-electron chi connectivity index (χ4n) is 2.55. The van der Waals surface area contributed by atoms with Crippen molar-refractivity contribution in [3.63, 3.8) is 0 Å². The highest BCUT2D eigenvalue weighted by Gasteiger charge is 2.58. The standard InChI is InChI=1S/C12H18N2/c1-8-5-4-6-14-11(8)10-9(7-13)12(10,2)3/h4-6,9-10H,7,13H2,1-3H3/t9-,10+/m1/s1. The molecular weight excluding hydrogens is 172 g/mol. The third-order valence-electron chi connectivity index (χ3n) is 3.65. The normalized spacial score (nSPS) is 28.9. The van der Waals surface area contributed by atoms with Crippen LogP contribution in [0.1, 0.15) is 31.0 Å². The summed E-state index contributed by atoms with van der Waals surface area (Å²) < 4.78 is 0. The molecule has 1 saturated carbocycles. The first-order valence-corrected chi connectivity index (χ1v) is 5.20. The average molecular weight is 190 g/mol. The molecule has 0 saturated heterocycles. The predicted octanol–water partition coefficient (Wildman–Crippen LogP) is 2.09. The Hall–Kier alpha value is -0.890. The van der Waals surface area contributed by atoms with E-state index < -0.39 is 0 Å². The van der Waals surface area contributed by atoms with Gasteiger partial charge < -0.3 is 5.73 Å². The molecule has 0 aliphatic heterocycles. The smallest absolute Gasteiger partial charge is 0.0472 e. The number of nitrogens with zero attached hydrogens (tertiary/aromatic N) is 1. The van der Waals surface area contributed by atoms with E-state index in [1.807, 2.05) is 12.3 Å². The Bertz CT molecular complexity index is 344. The molecule has 0 spiro atoms. The van der Waals surface area contributed by atoms with Crippen LogP contribution in [-0.4, -0.2) is 11.5 Å². The van der Waals surface area contributed by atoms with Crippen LogP contribution in [0.15, 0.2) is 18.3 Å². The summed E-state index contributed by atoms with van der Waals surface area (Å²) in [7, 11) is 0. The molecule has 0 amide bonds. The molecule has 14 heavy (non-hydrogen) atoms. The molecule has 1 heterocycles. The monoisotopic (exact) mass is 190 g/mol. The number of aromatic nitrogens is 1. The zero-order chi connectivity index (χ0) is 10.3. The molecule has 0 aromatic carbocycles. The van der Waals surface area contributed by atoms with Crippen LogP contribution in [-0.2, 0) is 0 Å². The Kier molecular flexibility index (Phi) is 2.11. The van der Waals surface area contributed by atoms with Crippen molar-refractivity contribution in [2.75, 3.05) is 6.54 Å². The van der Waals surface area contributed by atoms with Gasteiger partial charge in [-0.15, -0.1) is 0 Å². The van der Waals surface area contributed by atoms with Crippen molar-refractivity contribution in [2.45, 2.75) is 26.7 Å². The largest absolute Gasteiger partial charge is 0.330 e. The molecule has 76 valence electrons. The summed E-state index contributed by atoms with van der Waals surface area (Å²) in [5, 5.41) is 0. The van der Waals surface area contributed by atoms with Crippen LogP contribution in [0.25, 0.3) is 0 Å². The second kappa shape index (κ2) is 3.06. The van der Waals surface area contributed by atoms with Crippen LogP contribution in [0.3, 0.4) is 0 Å². The zero-order valence-corrected chi connectivity index (χ0v) is 9.12. The third kappa shape index (κ3) is 1.25. The van der Waals surface area contributed by atoms with Crippen molar-refractivity contribution in [1.29, 1.82) is 0 Å². The van der Waals surface area contributed by atoms with Gasteiger partial charge in [-0.2, -0.15) is 0 Å².